The molecule has 1 rings (SSSR count). The van der Waals surface area contributed by atoms with Crippen molar-refractivity contribution in [1.29, 1.82) is 0 Å². The van der Waals surface area contributed by atoms with Crippen molar-refractivity contribution in [3.63, 3.8) is 0 Å². The van der Waals surface area contributed by atoms with Crippen LogP contribution in [0.2, 0.25) is 0 Å². The molecule has 2 amide bonds. The van der Waals surface area contributed by atoms with Gasteiger partial charge in [0.2, 0.25) is 5.91 Å². The summed E-state index contributed by atoms with van der Waals surface area (Å²) in [6.45, 7) is 13.4. The molecule has 0 aliphatic carbocycles. The first-order valence-corrected chi connectivity index (χ1v) is 9.48. The molecule has 1 heterocycles. The Kier molecular flexibility index (Phi) is 9.58. The third-order valence-electron chi connectivity index (χ3n) is 4.20. The number of likely N-dealkylation sites (N-methyl/N-ethyl adjacent to an activating group) is 1. The van der Waals surface area contributed by atoms with Gasteiger partial charge in [0.05, 0.1) is 6.54 Å². The van der Waals surface area contributed by atoms with Crippen LogP contribution in [0.4, 0.5) is 13.6 Å². The fourth-order valence-electron chi connectivity index (χ4n) is 2.60. The SMILES string of the molecule is C=CSC(=C)/C(=C\N(CC(=O)N1CCC(F)C1)C(=O)F)CN(CC)CC. The van der Waals surface area contributed by atoms with E-state index < -0.39 is 24.8 Å². The maximum Gasteiger partial charge on any atom is 0.404 e. The van der Waals surface area contributed by atoms with Crippen LogP contribution in [-0.4, -0.2) is 72.2 Å². The second kappa shape index (κ2) is 11.1. The minimum atomic E-state index is -1.73. The molecule has 0 aromatic rings. The number of carbonyl (C=O) groups excluding carboxylic acids is 2. The Balaban J connectivity index is 2.96. The summed E-state index contributed by atoms with van der Waals surface area (Å²) in [6.07, 6.45) is -1.21. The molecule has 1 atom stereocenters. The minimum Gasteiger partial charge on any atom is -0.338 e. The van der Waals surface area contributed by atoms with E-state index in [1.54, 1.807) is 5.41 Å². The van der Waals surface area contributed by atoms with Crippen LogP contribution < -0.4 is 0 Å². The highest BCUT2D eigenvalue weighted by Gasteiger charge is 2.28. The molecule has 5 nitrogen and oxygen atoms in total. The fourth-order valence-corrected chi connectivity index (χ4v) is 3.07. The van der Waals surface area contributed by atoms with Crippen LogP contribution in [0.3, 0.4) is 0 Å². The predicted molar refractivity (Wildman–Crippen MR) is 102 cm³/mol. The average Bonchev–Trinajstić information content (AvgIpc) is 3.04. The Labute approximate surface area is 158 Å². The zero-order valence-electron chi connectivity index (χ0n) is 15.4. The summed E-state index contributed by atoms with van der Waals surface area (Å²) in [5.41, 5.74) is 0.627. The molecule has 0 aromatic heterocycles. The summed E-state index contributed by atoms with van der Waals surface area (Å²) >= 11 is 1.27. The first-order chi connectivity index (χ1) is 12.3. The zero-order chi connectivity index (χ0) is 19.7. The van der Waals surface area contributed by atoms with Gasteiger partial charge >= 0.3 is 6.16 Å². The van der Waals surface area contributed by atoms with Gasteiger partial charge in [0.25, 0.3) is 0 Å². The quantitative estimate of drug-likeness (QED) is 0.327. The summed E-state index contributed by atoms with van der Waals surface area (Å²) in [5.74, 6) is -0.475. The van der Waals surface area contributed by atoms with Gasteiger partial charge in [-0.15, -0.1) is 4.39 Å². The molecule has 0 N–H and O–H groups in total. The molecule has 1 fully saturated rings. The normalized spacial score (nSPS) is 17.5. The van der Waals surface area contributed by atoms with Gasteiger partial charge in [-0.3, -0.25) is 14.6 Å². The Morgan fingerprint density at radius 2 is 1.96 bits per heavy atom. The number of thioether (sulfide) groups is 1. The lowest BCUT2D eigenvalue weighted by atomic mass is 10.2. The number of likely N-dealkylation sites (tertiary alicyclic amines) is 1. The summed E-state index contributed by atoms with van der Waals surface area (Å²) in [7, 11) is 0. The van der Waals surface area contributed by atoms with Gasteiger partial charge in [-0.1, -0.05) is 38.8 Å². The third kappa shape index (κ3) is 6.92. The summed E-state index contributed by atoms with van der Waals surface area (Å²) in [4.78, 5) is 28.4. The van der Waals surface area contributed by atoms with E-state index in [1.165, 1.54) is 22.9 Å². The fraction of sp³-hybridized carbons (Fsp3) is 0.556. The van der Waals surface area contributed by atoms with Gasteiger partial charge in [0.15, 0.2) is 0 Å². The van der Waals surface area contributed by atoms with E-state index in [-0.39, 0.29) is 19.5 Å². The topological polar surface area (TPSA) is 43.9 Å². The lowest BCUT2D eigenvalue weighted by Crippen LogP contribution is -2.39. The van der Waals surface area contributed by atoms with Crippen LogP contribution in [0.25, 0.3) is 0 Å². The van der Waals surface area contributed by atoms with Crippen molar-refractivity contribution in [3.05, 3.63) is 35.2 Å². The largest absolute Gasteiger partial charge is 0.404 e. The maximum atomic E-state index is 13.5. The van der Waals surface area contributed by atoms with Crippen molar-refractivity contribution in [2.24, 2.45) is 0 Å². The Morgan fingerprint density at radius 3 is 2.42 bits per heavy atom. The number of alkyl halides is 1. The second-order valence-electron chi connectivity index (χ2n) is 5.93. The highest BCUT2D eigenvalue weighted by Crippen LogP contribution is 2.24. The van der Waals surface area contributed by atoms with E-state index in [9.17, 15) is 18.4 Å². The molecule has 146 valence electrons. The highest BCUT2D eigenvalue weighted by atomic mass is 32.2. The number of hydrogen-bond acceptors (Lipinski definition) is 4. The predicted octanol–water partition coefficient (Wildman–Crippen LogP) is 3.56. The number of hydrogen-bond donors (Lipinski definition) is 0. The standard InChI is InChI=1S/C18H27F2N3O2S/c1-5-21(6-2)10-15(14(4)26-7-3)11-23(18(20)25)13-17(24)22-9-8-16(19)12-22/h7,11,16H,3-6,8-10,12-13H2,1-2H3/b15-11-. The Bertz CT molecular complexity index is 565. The van der Waals surface area contributed by atoms with Gasteiger partial charge in [-0.05, 0) is 30.5 Å². The van der Waals surface area contributed by atoms with Gasteiger partial charge in [-0.25, -0.2) is 9.18 Å². The van der Waals surface area contributed by atoms with Gasteiger partial charge < -0.3 is 4.90 Å². The van der Waals surface area contributed by atoms with Crippen molar-refractivity contribution < 1.29 is 18.4 Å². The first kappa shape index (κ1) is 22.4. The van der Waals surface area contributed by atoms with Crippen molar-refractivity contribution in [1.82, 2.24) is 14.7 Å². The van der Waals surface area contributed by atoms with E-state index >= 15 is 0 Å². The second-order valence-corrected chi connectivity index (χ2v) is 6.99. The van der Waals surface area contributed by atoms with Crippen LogP contribution in [0.15, 0.2) is 35.2 Å². The van der Waals surface area contributed by atoms with E-state index in [2.05, 4.69) is 18.1 Å². The molecule has 1 saturated heterocycles. The van der Waals surface area contributed by atoms with Crippen molar-refractivity contribution in [3.8, 4) is 0 Å². The number of nitrogens with zero attached hydrogens (tertiary/aromatic N) is 3. The molecule has 0 spiro atoms. The maximum absolute atomic E-state index is 13.5. The molecule has 1 unspecified atom stereocenters. The molecule has 26 heavy (non-hydrogen) atoms. The molecule has 1 aliphatic heterocycles. The average molecular weight is 387 g/mol. The number of halogens is 2. The van der Waals surface area contributed by atoms with E-state index in [0.717, 1.165) is 18.0 Å². The van der Waals surface area contributed by atoms with Crippen molar-refractivity contribution >= 4 is 23.8 Å². The van der Waals surface area contributed by atoms with Gasteiger partial charge in [0, 0.05) is 24.2 Å². The van der Waals surface area contributed by atoms with Crippen molar-refractivity contribution in [2.75, 3.05) is 39.3 Å². The lowest BCUT2D eigenvalue weighted by molar-refractivity contribution is -0.130. The Morgan fingerprint density at radius 1 is 1.31 bits per heavy atom. The monoisotopic (exact) mass is 387 g/mol. The molecule has 8 heteroatoms. The number of carbonyl (C=O) groups is 2. The van der Waals surface area contributed by atoms with Crippen LogP contribution >= 0.6 is 11.8 Å². The third-order valence-corrected chi connectivity index (χ3v) is 4.91. The zero-order valence-corrected chi connectivity index (χ0v) is 16.2. The number of rotatable bonds is 10. The van der Waals surface area contributed by atoms with Gasteiger partial charge in [0.1, 0.15) is 12.7 Å². The number of amides is 2. The molecule has 0 saturated carbocycles. The van der Waals surface area contributed by atoms with Crippen LogP contribution in [-0.2, 0) is 4.79 Å². The summed E-state index contributed by atoms with van der Waals surface area (Å²) in [6, 6.07) is 0. The van der Waals surface area contributed by atoms with Gasteiger partial charge in [-0.2, -0.15) is 0 Å². The van der Waals surface area contributed by atoms with Crippen LogP contribution in [0.1, 0.15) is 20.3 Å². The molecular weight excluding hydrogens is 360 g/mol. The lowest BCUT2D eigenvalue weighted by Gasteiger charge is -2.24. The molecule has 0 bridgehead atoms. The van der Waals surface area contributed by atoms with Crippen LogP contribution in [0, 0.1) is 0 Å². The summed E-state index contributed by atoms with van der Waals surface area (Å²) in [5, 5.41) is 1.59. The smallest absolute Gasteiger partial charge is 0.338 e. The summed E-state index contributed by atoms with van der Waals surface area (Å²) < 4.78 is 26.8. The van der Waals surface area contributed by atoms with E-state index in [1.807, 2.05) is 13.8 Å². The first-order valence-electron chi connectivity index (χ1n) is 8.60. The minimum absolute atomic E-state index is 0.0117. The van der Waals surface area contributed by atoms with Crippen molar-refractivity contribution in [2.45, 2.75) is 26.4 Å². The molecule has 1 aliphatic rings. The van der Waals surface area contributed by atoms with E-state index in [4.69, 9.17) is 0 Å². The van der Waals surface area contributed by atoms with E-state index in [0.29, 0.717) is 17.0 Å². The van der Waals surface area contributed by atoms with Crippen LogP contribution in [0.5, 0.6) is 0 Å². The molecular formula is C18H27F2N3O2S. The highest BCUT2D eigenvalue weighted by molar-refractivity contribution is 8.06. The Hall–Kier alpha value is -1.67. The molecule has 0 aromatic carbocycles. The molecule has 0 radical (unpaired) electrons.